The highest BCUT2D eigenvalue weighted by Gasteiger charge is 2.17. The molecule has 2 aromatic carbocycles. The topological polar surface area (TPSA) is 56.6 Å². The Morgan fingerprint density at radius 3 is 2.32 bits per heavy atom. The molecule has 2 aromatic rings. The molecule has 2 rings (SSSR count). The third-order valence-electron chi connectivity index (χ3n) is 3.71. The van der Waals surface area contributed by atoms with Gasteiger partial charge in [0.25, 0.3) is 0 Å². The molecule has 1 amide bonds. The van der Waals surface area contributed by atoms with Crippen molar-refractivity contribution in [1.29, 1.82) is 5.26 Å². The van der Waals surface area contributed by atoms with Crippen LogP contribution in [0, 0.1) is 11.3 Å². The number of likely N-dealkylation sites (N-methyl/N-ethyl adjacent to an activating group) is 1. The third kappa shape index (κ3) is 6.28. The van der Waals surface area contributed by atoms with E-state index in [1.165, 1.54) is 0 Å². The van der Waals surface area contributed by atoms with Crippen LogP contribution < -0.4 is 9.64 Å². The molecule has 5 nitrogen and oxygen atoms in total. The molecule has 130 valence electrons. The van der Waals surface area contributed by atoms with Crippen LogP contribution in [-0.2, 0) is 4.79 Å². The van der Waals surface area contributed by atoms with E-state index in [1.807, 2.05) is 72.6 Å². The second-order valence-electron chi connectivity index (χ2n) is 5.69. The van der Waals surface area contributed by atoms with Crippen molar-refractivity contribution < 1.29 is 9.53 Å². The SMILES string of the molecule is CN(CCOc1ccccc1)CC(=O)N(CCC#N)c1ccccc1. The van der Waals surface area contributed by atoms with E-state index in [4.69, 9.17) is 10.00 Å². The van der Waals surface area contributed by atoms with Gasteiger partial charge in [-0.05, 0) is 31.3 Å². The first-order chi connectivity index (χ1) is 12.2. The molecule has 0 aromatic heterocycles. The maximum Gasteiger partial charge on any atom is 0.241 e. The predicted octanol–water partition coefficient (Wildman–Crippen LogP) is 2.94. The van der Waals surface area contributed by atoms with Crippen molar-refractivity contribution in [3.8, 4) is 11.8 Å². The van der Waals surface area contributed by atoms with Crippen LogP contribution in [0.3, 0.4) is 0 Å². The van der Waals surface area contributed by atoms with E-state index < -0.39 is 0 Å². The van der Waals surface area contributed by atoms with E-state index in [0.717, 1.165) is 11.4 Å². The number of ether oxygens (including phenoxy) is 1. The minimum Gasteiger partial charge on any atom is -0.492 e. The molecular formula is C20H23N3O2. The number of benzene rings is 2. The van der Waals surface area contributed by atoms with Crippen molar-refractivity contribution >= 4 is 11.6 Å². The number of carbonyl (C=O) groups excluding carboxylic acids is 1. The van der Waals surface area contributed by atoms with Crippen molar-refractivity contribution in [2.24, 2.45) is 0 Å². The lowest BCUT2D eigenvalue weighted by atomic mass is 10.2. The van der Waals surface area contributed by atoms with E-state index >= 15 is 0 Å². The maximum absolute atomic E-state index is 12.6. The summed E-state index contributed by atoms with van der Waals surface area (Å²) in [5.74, 6) is 0.797. The van der Waals surface area contributed by atoms with Crippen LogP contribution in [0.1, 0.15) is 6.42 Å². The number of hydrogen-bond donors (Lipinski definition) is 0. The number of nitrogens with zero attached hydrogens (tertiary/aromatic N) is 3. The van der Waals surface area contributed by atoms with Crippen LogP contribution in [0.5, 0.6) is 5.75 Å². The minimum atomic E-state index is -0.0244. The van der Waals surface area contributed by atoms with Crippen molar-refractivity contribution in [2.75, 3.05) is 38.2 Å². The lowest BCUT2D eigenvalue weighted by molar-refractivity contribution is -0.119. The molecule has 0 radical (unpaired) electrons. The zero-order valence-electron chi connectivity index (χ0n) is 14.5. The first-order valence-electron chi connectivity index (χ1n) is 8.29. The molecule has 0 atom stereocenters. The summed E-state index contributed by atoms with van der Waals surface area (Å²) in [7, 11) is 1.89. The molecule has 0 spiro atoms. The number of nitriles is 1. The van der Waals surface area contributed by atoms with Crippen molar-refractivity contribution in [3.63, 3.8) is 0 Å². The average molecular weight is 337 g/mol. The Hall–Kier alpha value is -2.84. The van der Waals surface area contributed by atoms with E-state index in [2.05, 4.69) is 6.07 Å². The maximum atomic E-state index is 12.6. The summed E-state index contributed by atoms with van der Waals surface area (Å²) in [5.41, 5.74) is 0.816. The van der Waals surface area contributed by atoms with Crippen LogP contribution in [0.4, 0.5) is 5.69 Å². The van der Waals surface area contributed by atoms with Gasteiger partial charge in [0.2, 0.25) is 5.91 Å². The molecule has 0 aliphatic carbocycles. The van der Waals surface area contributed by atoms with Crippen LogP contribution in [0.2, 0.25) is 0 Å². The summed E-state index contributed by atoms with van der Waals surface area (Å²) in [4.78, 5) is 16.2. The standard InChI is InChI=1S/C20H23N3O2/c1-22(15-16-25-19-11-6-3-7-12-19)17-20(24)23(14-8-13-21)18-9-4-2-5-10-18/h2-7,9-12H,8,14-17H2,1H3. The Morgan fingerprint density at radius 1 is 1.04 bits per heavy atom. The zero-order valence-corrected chi connectivity index (χ0v) is 14.5. The van der Waals surface area contributed by atoms with E-state index in [9.17, 15) is 4.79 Å². The summed E-state index contributed by atoms with van der Waals surface area (Å²) in [6.45, 7) is 1.82. The summed E-state index contributed by atoms with van der Waals surface area (Å²) in [6, 6.07) is 21.2. The van der Waals surface area contributed by atoms with Gasteiger partial charge in [0.1, 0.15) is 12.4 Å². The smallest absolute Gasteiger partial charge is 0.241 e. The van der Waals surface area contributed by atoms with E-state index in [0.29, 0.717) is 26.1 Å². The van der Waals surface area contributed by atoms with Gasteiger partial charge < -0.3 is 9.64 Å². The summed E-state index contributed by atoms with van der Waals surface area (Å²) in [5, 5.41) is 8.84. The van der Waals surface area contributed by atoms with Gasteiger partial charge in [0, 0.05) is 18.8 Å². The summed E-state index contributed by atoms with van der Waals surface area (Å²) < 4.78 is 5.66. The molecule has 0 saturated heterocycles. The minimum absolute atomic E-state index is 0.0244. The average Bonchev–Trinajstić information content (AvgIpc) is 2.64. The third-order valence-corrected chi connectivity index (χ3v) is 3.71. The van der Waals surface area contributed by atoms with E-state index in [-0.39, 0.29) is 12.5 Å². The Kier molecular flexibility index (Phi) is 7.48. The number of amides is 1. The monoisotopic (exact) mass is 337 g/mol. The van der Waals surface area contributed by atoms with Gasteiger partial charge >= 0.3 is 0 Å². The van der Waals surface area contributed by atoms with Crippen molar-refractivity contribution in [2.45, 2.75) is 6.42 Å². The zero-order chi connectivity index (χ0) is 17.9. The van der Waals surface area contributed by atoms with Gasteiger partial charge in [-0.1, -0.05) is 36.4 Å². The normalized spacial score (nSPS) is 10.3. The molecule has 5 heteroatoms. The van der Waals surface area contributed by atoms with Crippen molar-refractivity contribution in [3.05, 3.63) is 60.7 Å². The highest BCUT2D eigenvalue weighted by Crippen LogP contribution is 2.14. The van der Waals surface area contributed by atoms with Crippen LogP contribution in [-0.4, -0.2) is 44.1 Å². The highest BCUT2D eigenvalue weighted by atomic mass is 16.5. The first kappa shape index (κ1) is 18.5. The summed E-state index contributed by atoms with van der Waals surface area (Å²) in [6.07, 6.45) is 0.307. The first-order valence-corrected chi connectivity index (χ1v) is 8.29. The van der Waals surface area contributed by atoms with Gasteiger partial charge in [-0.15, -0.1) is 0 Å². The Labute approximate surface area is 149 Å². The second kappa shape index (κ2) is 10.1. The van der Waals surface area contributed by atoms with Crippen LogP contribution in [0.25, 0.3) is 0 Å². The molecule has 0 N–H and O–H groups in total. The molecule has 0 fully saturated rings. The van der Waals surface area contributed by atoms with Gasteiger partial charge in [0.15, 0.2) is 0 Å². The number of rotatable bonds is 9. The predicted molar refractivity (Wildman–Crippen MR) is 98.5 cm³/mol. The molecule has 0 unspecified atom stereocenters. The molecule has 0 heterocycles. The Bertz CT molecular complexity index is 683. The second-order valence-corrected chi connectivity index (χ2v) is 5.69. The molecule has 0 aliphatic heterocycles. The molecule has 25 heavy (non-hydrogen) atoms. The highest BCUT2D eigenvalue weighted by molar-refractivity contribution is 5.94. The fourth-order valence-electron chi connectivity index (χ4n) is 2.40. The van der Waals surface area contributed by atoms with Crippen LogP contribution >= 0.6 is 0 Å². The fraction of sp³-hybridized carbons (Fsp3) is 0.300. The van der Waals surface area contributed by atoms with Gasteiger partial charge in [0.05, 0.1) is 19.0 Å². The van der Waals surface area contributed by atoms with Crippen LogP contribution in [0.15, 0.2) is 60.7 Å². The lowest BCUT2D eigenvalue weighted by Crippen LogP contribution is -2.40. The largest absolute Gasteiger partial charge is 0.492 e. The van der Waals surface area contributed by atoms with Gasteiger partial charge in [-0.3, -0.25) is 9.69 Å². The number of anilines is 1. The number of para-hydroxylation sites is 2. The van der Waals surface area contributed by atoms with E-state index in [1.54, 1.807) is 4.90 Å². The molecular weight excluding hydrogens is 314 g/mol. The molecule has 0 bridgehead atoms. The van der Waals surface area contributed by atoms with Crippen molar-refractivity contribution in [1.82, 2.24) is 4.90 Å². The van der Waals surface area contributed by atoms with Gasteiger partial charge in [-0.25, -0.2) is 0 Å². The van der Waals surface area contributed by atoms with Gasteiger partial charge in [-0.2, -0.15) is 5.26 Å². The number of hydrogen-bond acceptors (Lipinski definition) is 4. The molecule has 0 aliphatic rings. The quantitative estimate of drug-likeness (QED) is 0.706. The Morgan fingerprint density at radius 2 is 1.68 bits per heavy atom. The Balaban J connectivity index is 1.85. The molecule has 0 saturated carbocycles. The lowest BCUT2D eigenvalue weighted by Gasteiger charge is -2.25. The number of carbonyl (C=O) groups is 1. The summed E-state index contributed by atoms with van der Waals surface area (Å²) >= 11 is 0. The fourth-order valence-corrected chi connectivity index (χ4v) is 2.40.